The standard InChI is InChI=1S/C17H24N2OS/c1-4-13-6-8-14(9-7-13)20-11-10-16-19-15(5-2)17(21-16)12(3)18/h6-9,12H,4-5,10-11,18H2,1-3H3. The largest absolute Gasteiger partial charge is 0.493 e. The van der Waals surface area contributed by atoms with Crippen LogP contribution in [0.25, 0.3) is 0 Å². The molecule has 1 atom stereocenters. The number of benzene rings is 1. The van der Waals surface area contributed by atoms with Crippen molar-refractivity contribution in [3.05, 3.63) is 45.4 Å². The minimum atomic E-state index is 0.0636. The molecule has 1 aromatic carbocycles. The van der Waals surface area contributed by atoms with Crippen molar-refractivity contribution in [1.82, 2.24) is 4.98 Å². The number of thiazole rings is 1. The molecular formula is C17H24N2OS. The van der Waals surface area contributed by atoms with Crippen molar-refractivity contribution in [1.29, 1.82) is 0 Å². The summed E-state index contributed by atoms with van der Waals surface area (Å²) < 4.78 is 5.79. The predicted molar refractivity (Wildman–Crippen MR) is 89.1 cm³/mol. The van der Waals surface area contributed by atoms with Crippen LogP contribution in [0.2, 0.25) is 0 Å². The van der Waals surface area contributed by atoms with Crippen LogP contribution in [0.3, 0.4) is 0 Å². The summed E-state index contributed by atoms with van der Waals surface area (Å²) in [5.74, 6) is 0.923. The van der Waals surface area contributed by atoms with Gasteiger partial charge in [0.2, 0.25) is 0 Å². The van der Waals surface area contributed by atoms with Crippen LogP contribution in [0.5, 0.6) is 5.75 Å². The molecule has 0 aliphatic heterocycles. The molecule has 2 aromatic rings. The van der Waals surface area contributed by atoms with Crippen molar-refractivity contribution in [2.75, 3.05) is 6.61 Å². The van der Waals surface area contributed by atoms with Gasteiger partial charge in [0.25, 0.3) is 0 Å². The van der Waals surface area contributed by atoms with Crippen LogP contribution in [-0.4, -0.2) is 11.6 Å². The lowest BCUT2D eigenvalue weighted by Crippen LogP contribution is -2.05. The molecule has 2 N–H and O–H groups in total. The maximum Gasteiger partial charge on any atom is 0.119 e. The van der Waals surface area contributed by atoms with E-state index in [0.29, 0.717) is 6.61 Å². The fourth-order valence-corrected chi connectivity index (χ4v) is 3.30. The number of rotatable bonds is 7. The van der Waals surface area contributed by atoms with Crippen LogP contribution in [0, 0.1) is 0 Å². The minimum Gasteiger partial charge on any atom is -0.493 e. The normalized spacial score (nSPS) is 12.4. The van der Waals surface area contributed by atoms with Gasteiger partial charge in [0.05, 0.1) is 17.3 Å². The van der Waals surface area contributed by atoms with E-state index in [1.807, 2.05) is 19.1 Å². The third-order valence-corrected chi connectivity index (χ3v) is 4.79. The Kier molecular flexibility index (Phi) is 5.76. The maximum absolute atomic E-state index is 5.99. The second-order valence-corrected chi connectivity index (χ2v) is 6.27. The summed E-state index contributed by atoms with van der Waals surface area (Å²) in [5.41, 5.74) is 8.46. The average molecular weight is 304 g/mol. The third-order valence-electron chi connectivity index (χ3n) is 3.44. The van der Waals surface area contributed by atoms with E-state index in [1.165, 1.54) is 10.4 Å². The molecule has 0 aliphatic rings. The number of nitrogens with two attached hydrogens (primary N) is 1. The topological polar surface area (TPSA) is 48.1 Å². The molecule has 21 heavy (non-hydrogen) atoms. The van der Waals surface area contributed by atoms with Gasteiger partial charge < -0.3 is 10.5 Å². The first kappa shape index (κ1) is 16.0. The van der Waals surface area contributed by atoms with Crippen LogP contribution in [0.15, 0.2) is 24.3 Å². The summed E-state index contributed by atoms with van der Waals surface area (Å²) in [6.45, 7) is 6.94. The number of hydrogen-bond donors (Lipinski definition) is 1. The zero-order chi connectivity index (χ0) is 15.2. The molecule has 0 fully saturated rings. The van der Waals surface area contributed by atoms with E-state index in [2.05, 4.69) is 31.0 Å². The highest BCUT2D eigenvalue weighted by atomic mass is 32.1. The van der Waals surface area contributed by atoms with Crippen molar-refractivity contribution >= 4 is 11.3 Å². The third kappa shape index (κ3) is 4.29. The second kappa shape index (κ2) is 7.57. The van der Waals surface area contributed by atoms with Gasteiger partial charge in [0, 0.05) is 17.3 Å². The first-order valence-electron chi connectivity index (χ1n) is 7.59. The van der Waals surface area contributed by atoms with Crippen molar-refractivity contribution < 1.29 is 4.74 Å². The number of hydrogen-bond acceptors (Lipinski definition) is 4. The van der Waals surface area contributed by atoms with Crippen molar-refractivity contribution in [2.24, 2.45) is 5.73 Å². The Bertz CT molecular complexity index is 561. The number of aryl methyl sites for hydroxylation is 2. The summed E-state index contributed by atoms with van der Waals surface area (Å²) in [7, 11) is 0. The second-order valence-electron chi connectivity index (χ2n) is 5.16. The van der Waals surface area contributed by atoms with Crippen LogP contribution >= 0.6 is 11.3 Å². The Balaban J connectivity index is 1.90. The first-order chi connectivity index (χ1) is 10.1. The van der Waals surface area contributed by atoms with Crippen molar-refractivity contribution in [3.8, 4) is 5.75 Å². The molecule has 0 spiro atoms. The van der Waals surface area contributed by atoms with E-state index in [4.69, 9.17) is 10.5 Å². The highest BCUT2D eigenvalue weighted by molar-refractivity contribution is 7.11. The summed E-state index contributed by atoms with van der Waals surface area (Å²) in [6.07, 6.45) is 2.83. The Labute approximate surface area is 131 Å². The molecule has 1 unspecified atom stereocenters. The predicted octanol–water partition coefficient (Wildman–Crippen LogP) is 3.91. The lowest BCUT2D eigenvalue weighted by molar-refractivity contribution is 0.321. The zero-order valence-electron chi connectivity index (χ0n) is 13.1. The Morgan fingerprint density at radius 1 is 1.19 bits per heavy atom. The molecule has 114 valence electrons. The quantitative estimate of drug-likeness (QED) is 0.843. The number of ether oxygens (including phenoxy) is 1. The number of aromatic nitrogens is 1. The molecule has 0 amide bonds. The lowest BCUT2D eigenvalue weighted by Gasteiger charge is -2.05. The summed E-state index contributed by atoms with van der Waals surface area (Å²) in [4.78, 5) is 5.88. The van der Waals surface area contributed by atoms with Crippen molar-refractivity contribution in [2.45, 2.75) is 46.1 Å². The highest BCUT2D eigenvalue weighted by Gasteiger charge is 2.12. The Morgan fingerprint density at radius 2 is 1.90 bits per heavy atom. The summed E-state index contributed by atoms with van der Waals surface area (Å²) in [5, 5.41) is 1.12. The van der Waals surface area contributed by atoms with Gasteiger partial charge in [-0.05, 0) is 37.5 Å². The van der Waals surface area contributed by atoms with Gasteiger partial charge in [-0.1, -0.05) is 26.0 Å². The van der Waals surface area contributed by atoms with Gasteiger partial charge in [-0.15, -0.1) is 11.3 Å². The van der Waals surface area contributed by atoms with Crippen LogP contribution in [0.1, 0.15) is 48.0 Å². The Hall–Kier alpha value is -1.39. The van der Waals surface area contributed by atoms with Crippen molar-refractivity contribution in [3.63, 3.8) is 0 Å². The molecule has 0 bridgehead atoms. The van der Waals surface area contributed by atoms with Gasteiger partial charge in [0.1, 0.15) is 5.75 Å². The molecule has 2 rings (SSSR count). The van der Waals surface area contributed by atoms with Crippen LogP contribution in [0.4, 0.5) is 0 Å². The monoisotopic (exact) mass is 304 g/mol. The van der Waals surface area contributed by atoms with E-state index in [0.717, 1.165) is 35.7 Å². The summed E-state index contributed by atoms with van der Waals surface area (Å²) in [6, 6.07) is 8.36. The van der Waals surface area contributed by atoms with Gasteiger partial charge in [0.15, 0.2) is 0 Å². The van der Waals surface area contributed by atoms with Gasteiger partial charge in [-0.2, -0.15) is 0 Å². The highest BCUT2D eigenvalue weighted by Crippen LogP contribution is 2.25. The molecule has 3 nitrogen and oxygen atoms in total. The van der Waals surface area contributed by atoms with Crippen LogP contribution < -0.4 is 10.5 Å². The summed E-state index contributed by atoms with van der Waals surface area (Å²) >= 11 is 1.72. The first-order valence-corrected chi connectivity index (χ1v) is 8.41. The van der Waals surface area contributed by atoms with E-state index < -0.39 is 0 Å². The molecular weight excluding hydrogens is 280 g/mol. The van der Waals surface area contributed by atoms with Gasteiger partial charge in [-0.3, -0.25) is 0 Å². The Morgan fingerprint density at radius 3 is 2.43 bits per heavy atom. The lowest BCUT2D eigenvalue weighted by atomic mass is 10.2. The van der Waals surface area contributed by atoms with E-state index in [-0.39, 0.29) is 6.04 Å². The average Bonchev–Trinajstić information content (AvgIpc) is 2.91. The minimum absolute atomic E-state index is 0.0636. The molecule has 1 heterocycles. The molecule has 0 saturated carbocycles. The van der Waals surface area contributed by atoms with E-state index >= 15 is 0 Å². The smallest absolute Gasteiger partial charge is 0.119 e. The molecule has 0 radical (unpaired) electrons. The fourth-order valence-electron chi connectivity index (χ4n) is 2.21. The molecule has 0 aliphatic carbocycles. The SMILES string of the molecule is CCc1ccc(OCCc2nc(CC)c(C(C)N)s2)cc1. The molecule has 4 heteroatoms. The zero-order valence-corrected chi connectivity index (χ0v) is 13.9. The van der Waals surface area contributed by atoms with Crippen LogP contribution in [-0.2, 0) is 19.3 Å². The van der Waals surface area contributed by atoms with Gasteiger partial charge in [-0.25, -0.2) is 4.98 Å². The molecule has 1 aromatic heterocycles. The van der Waals surface area contributed by atoms with E-state index in [9.17, 15) is 0 Å². The molecule has 0 saturated heterocycles. The van der Waals surface area contributed by atoms with Gasteiger partial charge >= 0.3 is 0 Å². The van der Waals surface area contributed by atoms with E-state index in [1.54, 1.807) is 11.3 Å². The fraction of sp³-hybridized carbons (Fsp3) is 0.471. The number of nitrogens with zero attached hydrogens (tertiary/aromatic N) is 1. The maximum atomic E-state index is 5.99.